The molecule has 4 fully saturated rings. The monoisotopic (exact) mass is 586 g/mol. The Labute approximate surface area is 249 Å². The van der Waals surface area contributed by atoms with E-state index in [0.717, 1.165) is 75.7 Å². The van der Waals surface area contributed by atoms with E-state index in [4.69, 9.17) is 16.1 Å². The second-order valence-corrected chi connectivity index (χ2v) is 13.1. The number of rotatable bonds is 5. The Hall–Kier alpha value is -3.55. The lowest BCUT2D eigenvalue weighted by Gasteiger charge is -2.34. The van der Waals surface area contributed by atoms with Gasteiger partial charge in [-0.05, 0) is 74.8 Å². The average Bonchev–Trinajstić information content (AvgIpc) is 3.65. The molecule has 3 aromatic rings. The van der Waals surface area contributed by atoms with E-state index in [2.05, 4.69) is 31.0 Å². The SMILES string of the molecule is C#CC1CCCc2cc(O)cc(-c3ncc4c(N5C[C@H]6CC[C@@H](C5)N6)nc(OC[C@@]56CCCN5C[C@H](F)C6)nc4c3F)c21. The summed E-state index contributed by atoms with van der Waals surface area (Å²) >= 11 is 0. The highest BCUT2D eigenvalue weighted by atomic mass is 19.1. The van der Waals surface area contributed by atoms with Gasteiger partial charge in [-0.1, -0.05) is 5.92 Å². The fourth-order valence-electron chi connectivity index (χ4n) is 8.45. The third kappa shape index (κ3) is 4.51. The molecule has 10 heteroatoms. The van der Waals surface area contributed by atoms with Crippen LogP contribution in [0.15, 0.2) is 18.3 Å². The summed E-state index contributed by atoms with van der Waals surface area (Å²) in [4.78, 5) is 18.5. The van der Waals surface area contributed by atoms with Crippen molar-refractivity contribution in [3.05, 3.63) is 35.3 Å². The van der Waals surface area contributed by atoms with Crippen molar-refractivity contribution < 1.29 is 18.6 Å². The van der Waals surface area contributed by atoms with Gasteiger partial charge in [0.25, 0.3) is 0 Å². The molecule has 8 nitrogen and oxygen atoms in total. The van der Waals surface area contributed by atoms with Gasteiger partial charge in [-0.15, -0.1) is 6.42 Å². The predicted molar refractivity (Wildman–Crippen MR) is 160 cm³/mol. The Bertz CT molecular complexity index is 1630. The third-order valence-corrected chi connectivity index (χ3v) is 10.4. The average molecular weight is 587 g/mol. The number of aromatic hydroxyl groups is 1. The lowest BCUT2D eigenvalue weighted by Crippen LogP contribution is -2.51. The molecule has 0 spiro atoms. The molecule has 0 saturated carbocycles. The lowest BCUT2D eigenvalue weighted by atomic mass is 9.79. The molecular weight excluding hydrogens is 550 g/mol. The summed E-state index contributed by atoms with van der Waals surface area (Å²) in [5.41, 5.74) is 2.13. The number of phenolic OH excluding ortho intramolecular Hbond substituents is 1. The van der Waals surface area contributed by atoms with Crippen LogP contribution in [0.2, 0.25) is 0 Å². The molecule has 6 heterocycles. The molecule has 4 saturated heterocycles. The number of terminal acetylenes is 1. The summed E-state index contributed by atoms with van der Waals surface area (Å²) in [6.07, 6.45) is 13.6. The second-order valence-electron chi connectivity index (χ2n) is 13.1. The van der Waals surface area contributed by atoms with E-state index in [9.17, 15) is 9.50 Å². The largest absolute Gasteiger partial charge is 0.508 e. The fourth-order valence-corrected chi connectivity index (χ4v) is 8.45. The Morgan fingerprint density at radius 2 is 1.98 bits per heavy atom. The molecule has 43 heavy (non-hydrogen) atoms. The summed E-state index contributed by atoms with van der Waals surface area (Å²) < 4.78 is 37.5. The molecule has 2 bridgehead atoms. The van der Waals surface area contributed by atoms with Crippen LogP contribution in [-0.2, 0) is 6.42 Å². The van der Waals surface area contributed by atoms with Gasteiger partial charge < -0.3 is 20.1 Å². The second kappa shape index (κ2) is 10.3. The number of piperazine rings is 1. The first-order valence-electron chi connectivity index (χ1n) is 15.6. The van der Waals surface area contributed by atoms with Gasteiger partial charge >= 0.3 is 6.01 Å². The molecule has 0 amide bonds. The van der Waals surface area contributed by atoms with Crippen molar-refractivity contribution >= 4 is 16.7 Å². The van der Waals surface area contributed by atoms with Crippen LogP contribution in [0.5, 0.6) is 11.8 Å². The van der Waals surface area contributed by atoms with Crippen molar-refractivity contribution in [2.45, 2.75) is 81.1 Å². The van der Waals surface area contributed by atoms with Crippen LogP contribution >= 0.6 is 0 Å². The number of aryl methyl sites for hydroxylation is 1. The number of aromatic nitrogens is 3. The van der Waals surface area contributed by atoms with E-state index in [1.165, 1.54) is 0 Å². The molecule has 2 aromatic heterocycles. The third-order valence-electron chi connectivity index (χ3n) is 10.4. The van der Waals surface area contributed by atoms with Gasteiger partial charge in [0.1, 0.15) is 35.6 Å². The summed E-state index contributed by atoms with van der Waals surface area (Å²) in [6, 6.07) is 4.06. The van der Waals surface area contributed by atoms with E-state index in [0.29, 0.717) is 41.8 Å². The zero-order valence-corrected chi connectivity index (χ0v) is 24.2. The zero-order valence-electron chi connectivity index (χ0n) is 24.2. The molecule has 5 aliphatic rings. The molecule has 1 unspecified atom stereocenters. The van der Waals surface area contributed by atoms with Gasteiger partial charge in [0, 0.05) is 55.8 Å². The van der Waals surface area contributed by atoms with Gasteiger partial charge in [0.05, 0.1) is 10.9 Å². The number of benzene rings is 1. The van der Waals surface area contributed by atoms with Crippen LogP contribution in [0.25, 0.3) is 22.2 Å². The molecule has 1 aromatic carbocycles. The smallest absolute Gasteiger partial charge is 0.319 e. The van der Waals surface area contributed by atoms with Crippen LogP contribution in [0, 0.1) is 18.2 Å². The first-order valence-corrected chi connectivity index (χ1v) is 15.6. The van der Waals surface area contributed by atoms with Crippen LogP contribution in [0.3, 0.4) is 0 Å². The van der Waals surface area contributed by atoms with E-state index in [1.54, 1.807) is 18.3 Å². The van der Waals surface area contributed by atoms with Crippen LogP contribution < -0.4 is 15.0 Å². The molecular formula is C33H36F2N6O2. The minimum atomic E-state index is -0.876. The van der Waals surface area contributed by atoms with Crippen molar-refractivity contribution in [2.24, 2.45) is 0 Å². The van der Waals surface area contributed by atoms with Crippen molar-refractivity contribution in [1.29, 1.82) is 0 Å². The van der Waals surface area contributed by atoms with Gasteiger partial charge in [-0.3, -0.25) is 9.88 Å². The van der Waals surface area contributed by atoms with E-state index in [-0.39, 0.29) is 41.0 Å². The van der Waals surface area contributed by atoms with Gasteiger partial charge in [0.15, 0.2) is 5.82 Å². The molecule has 1 aliphatic carbocycles. The Morgan fingerprint density at radius 1 is 1.14 bits per heavy atom. The minimum absolute atomic E-state index is 0.0551. The highest BCUT2D eigenvalue weighted by Gasteiger charge is 2.49. The fraction of sp³-hybridized carbons (Fsp3) is 0.545. The number of nitrogens with one attached hydrogen (secondary N) is 1. The zero-order chi connectivity index (χ0) is 29.3. The van der Waals surface area contributed by atoms with Crippen LogP contribution in [0.4, 0.5) is 14.6 Å². The first kappa shape index (κ1) is 27.0. The Kier molecular flexibility index (Phi) is 6.46. The van der Waals surface area contributed by atoms with Crippen molar-refractivity contribution in [1.82, 2.24) is 25.2 Å². The van der Waals surface area contributed by atoms with Crippen molar-refractivity contribution in [3.63, 3.8) is 0 Å². The molecule has 4 aliphatic heterocycles. The predicted octanol–water partition coefficient (Wildman–Crippen LogP) is 4.49. The number of hydrogen-bond acceptors (Lipinski definition) is 8. The molecule has 224 valence electrons. The topological polar surface area (TPSA) is 86.6 Å². The maximum absolute atomic E-state index is 16.8. The van der Waals surface area contributed by atoms with Crippen molar-refractivity contribution in [2.75, 3.05) is 37.7 Å². The number of phenols is 1. The number of anilines is 1. The molecule has 8 rings (SSSR count). The maximum Gasteiger partial charge on any atom is 0.319 e. The van der Waals surface area contributed by atoms with E-state index >= 15 is 4.39 Å². The van der Waals surface area contributed by atoms with E-state index in [1.807, 2.05) is 0 Å². The summed E-state index contributed by atoms with van der Waals surface area (Å²) in [5.74, 6) is 2.74. The van der Waals surface area contributed by atoms with Gasteiger partial charge in [-0.2, -0.15) is 9.97 Å². The standard InChI is InChI=1S/C33H36F2N6O2/c1-2-19-5-3-6-20-11-24(42)12-25(27(19)20)29-28(35)30-26(14-36-29)31(40-16-22-7-8-23(17-40)37-22)39-32(38-30)43-18-33-9-4-10-41(33)15-21(34)13-33/h1,11-12,14,19,21-23,37,42H,3-10,13,15-18H2/t19?,21-,22-,23+,33+/m1/s1. The number of ether oxygens (including phenoxy) is 1. The first-order chi connectivity index (χ1) is 20.9. The summed E-state index contributed by atoms with van der Waals surface area (Å²) in [7, 11) is 0. The number of hydrogen-bond donors (Lipinski definition) is 2. The van der Waals surface area contributed by atoms with Gasteiger partial charge in [-0.25, -0.2) is 8.78 Å². The Morgan fingerprint density at radius 3 is 2.79 bits per heavy atom. The van der Waals surface area contributed by atoms with E-state index < -0.39 is 12.0 Å². The quantitative estimate of drug-likeness (QED) is 0.424. The number of alkyl halides is 1. The van der Waals surface area contributed by atoms with Crippen LogP contribution in [0.1, 0.15) is 62.0 Å². The highest BCUT2D eigenvalue weighted by molar-refractivity contribution is 5.92. The van der Waals surface area contributed by atoms with Crippen LogP contribution in [-0.4, -0.2) is 81.5 Å². The summed E-state index contributed by atoms with van der Waals surface area (Å²) in [5, 5.41) is 14.7. The highest BCUT2D eigenvalue weighted by Crippen LogP contribution is 2.43. The number of nitrogens with zero attached hydrogens (tertiary/aromatic N) is 5. The molecule has 5 atom stereocenters. The number of fused-ring (bicyclic) bond motifs is 5. The maximum atomic E-state index is 16.8. The molecule has 0 radical (unpaired) electrons. The summed E-state index contributed by atoms with van der Waals surface area (Å²) in [6.45, 7) is 3.03. The minimum Gasteiger partial charge on any atom is -0.508 e. The molecule has 2 N–H and O–H groups in total. The number of pyridine rings is 1. The number of halogens is 2. The Balaban J connectivity index is 1.24. The van der Waals surface area contributed by atoms with Crippen molar-refractivity contribution in [3.8, 4) is 35.4 Å². The lowest BCUT2D eigenvalue weighted by molar-refractivity contribution is 0.107. The normalized spacial score (nSPS) is 29.9. The van der Waals surface area contributed by atoms with Gasteiger partial charge in [0.2, 0.25) is 0 Å².